The maximum absolute atomic E-state index is 10.4. The number of hydrogen-bond acceptors (Lipinski definition) is 3. The Morgan fingerprint density at radius 1 is 0.889 bits per heavy atom. The zero-order chi connectivity index (χ0) is 13.7. The summed E-state index contributed by atoms with van der Waals surface area (Å²) in [4.78, 5) is 10.4. The molecule has 0 heterocycles. The van der Waals surface area contributed by atoms with E-state index in [-0.39, 0.29) is 0 Å². The van der Waals surface area contributed by atoms with Gasteiger partial charge in [-0.2, -0.15) is 0 Å². The van der Waals surface area contributed by atoms with Gasteiger partial charge in [0.1, 0.15) is 0 Å². The van der Waals surface area contributed by atoms with Gasteiger partial charge < -0.3 is 10.2 Å². The van der Waals surface area contributed by atoms with Crippen molar-refractivity contribution in [3.8, 4) is 0 Å². The maximum Gasteiger partial charge on any atom is 0.235 e. The van der Waals surface area contributed by atoms with Crippen LogP contribution in [0.2, 0.25) is 0 Å². The summed E-state index contributed by atoms with van der Waals surface area (Å²) in [6.45, 7) is 1.71. The normalized spacial score (nSPS) is 14.4. The molecule has 0 aromatic carbocycles. The predicted octanol–water partition coefficient (Wildman–Crippen LogP) is 3.13. The van der Waals surface area contributed by atoms with E-state index < -0.39 is 12.2 Å². The van der Waals surface area contributed by atoms with Crippen molar-refractivity contribution in [3.05, 3.63) is 0 Å². The summed E-state index contributed by atoms with van der Waals surface area (Å²) >= 11 is 0. The Balaban J connectivity index is 3.23. The van der Waals surface area contributed by atoms with Crippen molar-refractivity contribution < 1.29 is 15.0 Å². The van der Waals surface area contributed by atoms with E-state index in [1.807, 2.05) is 0 Å². The van der Waals surface area contributed by atoms with Crippen molar-refractivity contribution in [3.63, 3.8) is 0 Å². The zero-order valence-electron chi connectivity index (χ0n) is 11.8. The molecule has 0 fully saturated rings. The lowest BCUT2D eigenvalue weighted by molar-refractivity contribution is 0.0333. The minimum atomic E-state index is -1.62. The number of carbonyl (C=O) groups excluding carboxylic acids is 1. The van der Waals surface area contributed by atoms with Crippen LogP contribution in [0.5, 0.6) is 0 Å². The first-order valence-electron chi connectivity index (χ1n) is 7.41. The summed E-state index contributed by atoms with van der Waals surface area (Å²) in [6.07, 6.45) is 14.0. The first kappa shape index (κ1) is 17.6. The molecule has 0 rings (SSSR count). The molecule has 0 saturated carbocycles. The largest absolute Gasteiger partial charge is 0.393 e. The summed E-state index contributed by atoms with van der Waals surface area (Å²) in [7, 11) is 0. The first-order valence-corrected chi connectivity index (χ1v) is 7.41. The molecule has 0 amide bonds. The summed E-state index contributed by atoms with van der Waals surface area (Å²) in [6, 6.07) is 0. The second kappa shape index (κ2) is 11.7. The van der Waals surface area contributed by atoms with E-state index in [0.29, 0.717) is 6.42 Å². The number of rotatable bonds is 13. The molecule has 0 bridgehead atoms. The minimum absolute atomic E-state index is 0.323. The lowest BCUT2D eigenvalue weighted by atomic mass is 9.98. The highest BCUT2D eigenvalue weighted by molar-refractivity contribution is 5.62. The van der Waals surface area contributed by atoms with E-state index >= 15 is 0 Å². The van der Waals surface area contributed by atoms with E-state index in [1.165, 1.54) is 51.2 Å². The van der Waals surface area contributed by atoms with E-state index in [9.17, 15) is 9.90 Å². The van der Waals surface area contributed by atoms with Crippen molar-refractivity contribution in [2.75, 3.05) is 6.61 Å². The van der Waals surface area contributed by atoms with Gasteiger partial charge in [0.25, 0.3) is 0 Å². The van der Waals surface area contributed by atoms with Gasteiger partial charge in [0, 0.05) is 0 Å². The summed E-state index contributed by atoms with van der Waals surface area (Å²) in [5, 5.41) is 18.3. The number of hydrogen-bond donors (Lipinski definition) is 2. The summed E-state index contributed by atoms with van der Waals surface area (Å²) in [5.41, 5.74) is -1.62. The molecule has 18 heavy (non-hydrogen) atoms. The van der Waals surface area contributed by atoms with Crippen LogP contribution in [0, 0.1) is 0 Å². The fraction of sp³-hybridized carbons (Fsp3) is 0.933. The van der Waals surface area contributed by atoms with Gasteiger partial charge in [-0.05, 0) is 6.42 Å². The minimum Gasteiger partial charge on any atom is -0.393 e. The van der Waals surface area contributed by atoms with E-state index in [2.05, 4.69) is 6.92 Å². The molecule has 0 aromatic heterocycles. The molecule has 1 radical (unpaired) electrons. The molecule has 0 spiro atoms. The van der Waals surface area contributed by atoms with E-state index in [0.717, 1.165) is 19.3 Å². The van der Waals surface area contributed by atoms with E-state index in [4.69, 9.17) is 5.11 Å². The Hall–Kier alpha value is -0.410. The maximum atomic E-state index is 10.4. The first-order chi connectivity index (χ1) is 8.68. The van der Waals surface area contributed by atoms with Crippen molar-refractivity contribution >= 4 is 6.29 Å². The third-order valence-corrected chi connectivity index (χ3v) is 3.40. The van der Waals surface area contributed by atoms with Gasteiger partial charge in [0.05, 0.1) is 6.61 Å². The van der Waals surface area contributed by atoms with Crippen molar-refractivity contribution in [2.24, 2.45) is 0 Å². The topological polar surface area (TPSA) is 57.5 Å². The highest BCUT2D eigenvalue weighted by Gasteiger charge is 2.25. The summed E-state index contributed by atoms with van der Waals surface area (Å²) < 4.78 is 0. The number of aliphatic hydroxyl groups excluding tert-OH is 1. The molecule has 3 nitrogen and oxygen atoms in total. The summed E-state index contributed by atoms with van der Waals surface area (Å²) in [5.74, 6) is 0. The molecular weight excluding hydrogens is 228 g/mol. The van der Waals surface area contributed by atoms with E-state index in [1.54, 1.807) is 0 Å². The van der Waals surface area contributed by atoms with Gasteiger partial charge in [-0.3, -0.25) is 4.79 Å². The Morgan fingerprint density at radius 3 is 1.72 bits per heavy atom. The molecule has 0 saturated heterocycles. The van der Waals surface area contributed by atoms with Crippen LogP contribution < -0.4 is 0 Å². The van der Waals surface area contributed by atoms with Crippen LogP contribution in [-0.2, 0) is 4.79 Å². The van der Waals surface area contributed by atoms with Crippen molar-refractivity contribution in [1.82, 2.24) is 0 Å². The monoisotopic (exact) mass is 257 g/mol. The van der Waals surface area contributed by atoms with Gasteiger partial charge in [-0.25, -0.2) is 0 Å². The molecule has 1 atom stereocenters. The van der Waals surface area contributed by atoms with Crippen LogP contribution in [0.1, 0.15) is 77.6 Å². The highest BCUT2D eigenvalue weighted by atomic mass is 16.3. The van der Waals surface area contributed by atoms with Crippen molar-refractivity contribution in [2.45, 2.75) is 83.2 Å². The second-order valence-corrected chi connectivity index (χ2v) is 5.22. The SMILES string of the molecule is CCCCCCCCCCCCC(O)([C]=O)CO. The number of unbranched alkanes of at least 4 members (excludes halogenated alkanes) is 9. The highest BCUT2D eigenvalue weighted by Crippen LogP contribution is 2.15. The molecule has 0 aliphatic heterocycles. The molecule has 1 unspecified atom stereocenters. The second-order valence-electron chi connectivity index (χ2n) is 5.22. The van der Waals surface area contributed by atoms with Crippen LogP contribution in [0.4, 0.5) is 0 Å². The van der Waals surface area contributed by atoms with Crippen LogP contribution in [0.15, 0.2) is 0 Å². The van der Waals surface area contributed by atoms with Gasteiger partial charge in [-0.15, -0.1) is 0 Å². The Bertz CT molecular complexity index is 194. The fourth-order valence-corrected chi connectivity index (χ4v) is 2.07. The smallest absolute Gasteiger partial charge is 0.235 e. The third-order valence-electron chi connectivity index (χ3n) is 3.40. The Morgan fingerprint density at radius 2 is 1.33 bits per heavy atom. The van der Waals surface area contributed by atoms with Gasteiger partial charge in [0.15, 0.2) is 5.60 Å². The van der Waals surface area contributed by atoms with Crippen LogP contribution >= 0.6 is 0 Å². The quantitative estimate of drug-likeness (QED) is 0.498. The lowest BCUT2D eigenvalue weighted by Gasteiger charge is -2.16. The Labute approximate surface area is 112 Å². The van der Waals surface area contributed by atoms with Crippen LogP contribution in [0.3, 0.4) is 0 Å². The van der Waals surface area contributed by atoms with Crippen molar-refractivity contribution in [1.29, 1.82) is 0 Å². The molecule has 0 aliphatic carbocycles. The molecular formula is C15H29O3. The molecule has 2 N–H and O–H groups in total. The Kier molecular flexibility index (Phi) is 11.4. The average Bonchev–Trinajstić information content (AvgIpc) is 2.40. The van der Waals surface area contributed by atoms with Crippen LogP contribution in [-0.4, -0.2) is 28.7 Å². The van der Waals surface area contributed by atoms with Gasteiger partial charge in [0.2, 0.25) is 6.29 Å². The molecule has 3 heteroatoms. The number of aliphatic hydroxyl groups is 2. The lowest BCUT2D eigenvalue weighted by Crippen LogP contribution is -2.34. The molecule has 107 valence electrons. The molecule has 0 aromatic rings. The van der Waals surface area contributed by atoms with Gasteiger partial charge >= 0.3 is 0 Å². The third kappa shape index (κ3) is 9.60. The predicted molar refractivity (Wildman–Crippen MR) is 74.2 cm³/mol. The van der Waals surface area contributed by atoms with Crippen LogP contribution in [0.25, 0.3) is 0 Å². The van der Waals surface area contributed by atoms with Gasteiger partial charge in [-0.1, -0.05) is 71.1 Å². The standard InChI is InChI=1S/C15H29O3/c1-2-3-4-5-6-7-8-9-10-11-12-15(18,13-16)14-17/h16,18H,2-13H2,1H3. The average molecular weight is 257 g/mol. The fourth-order valence-electron chi connectivity index (χ4n) is 2.07. The zero-order valence-corrected chi connectivity index (χ0v) is 11.8. The molecule has 0 aliphatic rings.